The fraction of sp³-hybridized carbons (Fsp3) is 0.923. The molecule has 3 heteroatoms. The number of carbonyl (C=O) groups is 1. The average Bonchev–Trinajstić information content (AvgIpc) is 2.34. The van der Waals surface area contributed by atoms with Gasteiger partial charge >= 0.3 is 0 Å². The molecule has 0 heterocycles. The molecule has 2 atom stereocenters. The molecule has 1 aliphatic carbocycles. The summed E-state index contributed by atoms with van der Waals surface area (Å²) < 4.78 is 4.94. The molecule has 1 fully saturated rings. The molecule has 0 aromatic carbocycles. The predicted octanol–water partition coefficient (Wildman–Crippen LogP) is 2.01. The van der Waals surface area contributed by atoms with Crippen LogP contribution >= 0.6 is 0 Å². The zero-order chi connectivity index (χ0) is 11.8. The molecule has 2 unspecified atom stereocenters. The van der Waals surface area contributed by atoms with Crippen LogP contribution in [0.3, 0.4) is 0 Å². The van der Waals surface area contributed by atoms with Crippen LogP contribution in [0, 0.1) is 11.8 Å². The molecule has 16 heavy (non-hydrogen) atoms. The van der Waals surface area contributed by atoms with E-state index in [4.69, 9.17) is 4.74 Å². The second-order valence-electron chi connectivity index (χ2n) is 4.70. The standard InChI is InChI=1S/C13H25NO2/c1-3-11-6-4-5-7-12(11)13(15)10-14-8-9-16-2/h11-12,14H,3-10H2,1-2H3. The number of nitrogens with one attached hydrogen (secondary N) is 1. The fourth-order valence-corrected chi connectivity index (χ4v) is 2.64. The van der Waals surface area contributed by atoms with E-state index in [0.717, 1.165) is 19.4 Å². The van der Waals surface area contributed by atoms with Crippen LogP contribution in [-0.4, -0.2) is 32.6 Å². The van der Waals surface area contributed by atoms with Crippen LogP contribution in [0.15, 0.2) is 0 Å². The van der Waals surface area contributed by atoms with Gasteiger partial charge in [-0.1, -0.05) is 26.2 Å². The molecule has 1 aliphatic rings. The van der Waals surface area contributed by atoms with Crippen molar-refractivity contribution >= 4 is 5.78 Å². The number of ether oxygens (including phenoxy) is 1. The van der Waals surface area contributed by atoms with Crippen molar-refractivity contribution in [1.29, 1.82) is 0 Å². The SMILES string of the molecule is CCC1CCCCC1C(=O)CNCCOC. The molecule has 1 N–H and O–H groups in total. The summed E-state index contributed by atoms with van der Waals surface area (Å²) >= 11 is 0. The van der Waals surface area contributed by atoms with Crippen molar-refractivity contribution < 1.29 is 9.53 Å². The highest BCUT2D eigenvalue weighted by molar-refractivity contribution is 5.83. The number of hydrogen-bond acceptors (Lipinski definition) is 3. The van der Waals surface area contributed by atoms with Gasteiger partial charge in [0.05, 0.1) is 13.2 Å². The topological polar surface area (TPSA) is 38.3 Å². The Morgan fingerprint density at radius 2 is 2.12 bits per heavy atom. The van der Waals surface area contributed by atoms with Gasteiger partial charge in [-0.25, -0.2) is 0 Å². The molecule has 1 saturated carbocycles. The largest absolute Gasteiger partial charge is 0.383 e. The van der Waals surface area contributed by atoms with Crippen molar-refractivity contribution in [2.45, 2.75) is 39.0 Å². The maximum atomic E-state index is 12.0. The first-order valence-electron chi connectivity index (χ1n) is 6.52. The van der Waals surface area contributed by atoms with Gasteiger partial charge in [0.15, 0.2) is 0 Å². The van der Waals surface area contributed by atoms with E-state index in [1.54, 1.807) is 7.11 Å². The van der Waals surface area contributed by atoms with Crippen molar-refractivity contribution in [3.8, 4) is 0 Å². The number of hydrogen-bond donors (Lipinski definition) is 1. The summed E-state index contributed by atoms with van der Waals surface area (Å²) in [5.41, 5.74) is 0. The third-order valence-electron chi connectivity index (χ3n) is 3.63. The second kappa shape index (κ2) is 7.80. The van der Waals surface area contributed by atoms with Gasteiger partial charge in [-0.05, 0) is 18.8 Å². The van der Waals surface area contributed by atoms with Gasteiger partial charge in [-0.2, -0.15) is 0 Å². The molecule has 0 aromatic rings. The minimum Gasteiger partial charge on any atom is -0.383 e. The lowest BCUT2D eigenvalue weighted by Gasteiger charge is -2.29. The van der Waals surface area contributed by atoms with E-state index >= 15 is 0 Å². The first kappa shape index (κ1) is 13.7. The normalized spacial score (nSPS) is 25.6. The van der Waals surface area contributed by atoms with Crippen molar-refractivity contribution in [2.24, 2.45) is 11.8 Å². The molecular formula is C13H25NO2. The quantitative estimate of drug-likeness (QED) is 0.676. The lowest BCUT2D eigenvalue weighted by atomic mass is 9.75. The first-order valence-corrected chi connectivity index (χ1v) is 6.52. The maximum absolute atomic E-state index is 12.0. The number of Topliss-reactive ketones (excluding diaryl/α,β-unsaturated/α-hetero) is 1. The van der Waals surface area contributed by atoms with Crippen LogP contribution in [0.5, 0.6) is 0 Å². The van der Waals surface area contributed by atoms with E-state index in [1.165, 1.54) is 19.3 Å². The van der Waals surface area contributed by atoms with Crippen LogP contribution in [0.25, 0.3) is 0 Å². The van der Waals surface area contributed by atoms with Gasteiger partial charge in [0.2, 0.25) is 0 Å². The van der Waals surface area contributed by atoms with Crippen LogP contribution in [0.2, 0.25) is 0 Å². The summed E-state index contributed by atoms with van der Waals surface area (Å²) in [6.45, 7) is 4.17. The highest BCUT2D eigenvalue weighted by Crippen LogP contribution is 2.32. The summed E-state index contributed by atoms with van der Waals surface area (Å²) in [4.78, 5) is 12.0. The second-order valence-corrected chi connectivity index (χ2v) is 4.70. The molecule has 3 nitrogen and oxygen atoms in total. The average molecular weight is 227 g/mol. The maximum Gasteiger partial charge on any atom is 0.149 e. The van der Waals surface area contributed by atoms with Gasteiger partial charge in [-0.3, -0.25) is 4.79 Å². The number of ketones is 1. The summed E-state index contributed by atoms with van der Waals surface area (Å²) in [6.07, 6.45) is 6.02. The highest BCUT2D eigenvalue weighted by Gasteiger charge is 2.28. The molecule has 1 rings (SSSR count). The lowest BCUT2D eigenvalue weighted by molar-refractivity contribution is -0.124. The Labute approximate surface area is 98.9 Å². The third kappa shape index (κ3) is 4.22. The Morgan fingerprint density at radius 1 is 1.38 bits per heavy atom. The molecule has 0 aliphatic heterocycles. The molecule has 0 radical (unpaired) electrons. The molecule has 0 bridgehead atoms. The van der Waals surface area contributed by atoms with Gasteiger partial charge in [0.1, 0.15) is 5.78 Å². The zero-order valence-corrected chi connectivity index (χ0v) is 10.6. The summed E-state index contributed by atoms with van der Waals surface area (Å²) in [6, 6.07) is 0. The van der Waals surface area contributed by atoms with Crippen LogP contribution in [-0.2, 0) is 9.53 Å². The molecule has 0 spiro atoms. The monoisotopic (exact) mass is 227 g/mol. The number of carbonyl (C=O) groups excluding carboxylic acids is 1. The molecule has 0 amide bonds. The smallest absolute Gasteiger partial charge is 0.149 e. The van der Waals surface area contributed by atoms with Crippen molar-refractivity contribution in [3.05, 3.63) is 0 Å². The minimum absolute atomic E-state index is 0.314. The highest BCUT2D eigenvalue weighted by atomic mass is 16.5. The Kier molecular flexibility index (Phi) is 6.65. The van der Waals surface area contributed by atoms with E-state index < -0.39 is 0 Å². The van der Waals surface area contributed by atoms with Crippen LogP contribution < -0.4 is 5.32 Å². The van der Waals surface area contributed by atoms with E-state index in [1.807, 2.05) is 0 Å². The van der Waals surface area contributed by atoms with Crippen molar-refractivity contribution in [2.75, 3.05) is 26.8 Å². The molecule has 94 valence electrons. The van der Waals surface area contributed by atoms with Gasteiger partial charge in [0.25, 0.3) is 0 Å². The van der Waals surface area contributed by atoms with Crippen LogP contribution in [0.4, 0.5) is 0 Å². The molecule has 0 aromatic heterocycles. The van der Waals surface area contributed by atoms with Gasteiger partial charge < -0.3 is 10.1 Å². The van der Waals surface area contributed by atoms with Crippen molar-refractivity contribution in [3.63, 3.8) is 0 Å². The Bertz CT molecular complexity index is 206. The Hall–Kier alpha value is -0.410. The van der Waals surface area contributed by atoms with E-state index in [-0.39, 0.29) is 0 Å². The third-order valence-corrected chi connectivity index (χ3v) is 3.63. The van der Waals surface area contributed by atoms with Gasteiger partial charge in [-0.15, -0.1) is 0 Å². The number of rotatable bonds is 7. The first-order chi connectivity index (χ1) is 7.79. The lowest BCUT2D eigenvalue weighted by Crippen LogP contribution is -2.35. The zero-order valence-electron chi connectivity index (χ0n) is 10.6. The number of methoxy groups -OCH3 is 1. The molecule has 0 saturated heterocycles. The van der Waals surface area contributed by atoms with E-state index in [2.05, 4.69) is 12.2 Å². The summed E-state index contributed by atoms with van der Waals surface area (Å²) in [5.74, 6) is 1.35. The minimum atomic E-state index is 0.314. The van der Waals surface area contributed by atoms with E-state index in [0.29, 0.717) is 30.8 Å². The van der Waals surface area contributed by atoms with Gasteiger partial charge in [0, 0.05) is 19.6 Å². The Morgan fingerprint density at radius 3 is 2.81 bits per heavy atom. The van der Waals surface area contributed by atoms with Crippen LogP contribution in [0.1, 0.15) is 39.0 Å². The van der Waals surface area contributed by atoms with Crippen molar-refractivity contribution in [1.82, 2.24) is 5.32 Å². The molecular weight excluding hydrogens is 202 g/mol. The fourth-order valence-electron chi connectivity index (χ4n) is 2.64. The summed E-state index contributed by atoms with van der Waals surface area (Å²) in [5, 5.41) is 3.15. The predicted molar refractivity (Wildman–Crippen MR) is 65.5 cm³/mol. The van der Waals surface area contributed by atoms with E-state index in [9.17, 15) is 4.79 Å². The Balaban J connectivity index is 2.27. The summed E-state index contributed by atoms with van der Waals surface area (Å²) in [7, 11) is 1.68.